The summed E-state index contributed by atoms with van der Waals surface area (Å²) in [6, 6.07) is 12.6. The number of hydrogen-bond donors (Lipinski definition) is 1. The van der Waals surface area contributed by atoms with Gasteiger partial charge in [-0.1, -0.05) is 48.6 Å². The third-order valence-electron chi connectivity index (χ3n) is 11.7. The number of carboxylic acids is 1. The van der Waals surface area contributed by atoms with Crippen molar-refractivity contribution >= 4 is 43.3 Å². The fourth-order valence-electron chi connectivity index (χ4n) is 8.55. The zero-order chi connectivity index (χ0) is 44.7. The molecule has 4 rings (SSSR count). The SMILES string of the molecule is COCCc1ccc2c(c1)C(C)(CCCS(=O)(=O)[O-])C(/C=C/C=C/C=C/C=C1/N(CCOC)c3ccc(CCOC)cc3C1(C)CCCS(=O)(=O)[O-])=[N+]2CCCCCC(=O)O. The van der Waals surface area contributed by atoms with Crippen LogP contribution < -0.4 is 4.90 Å². The Morgan fingerprint density at radius 3 is 1.92 bits per heavy atom. The van der Waals surface area contributed by atoms with Crippen molar-refractivity contribution in [1.29, 1.82) is 0 Å². The maximum absolute atomic E-state index is 11.7. The Bertz CT molecular complexity index is 2190. The molecule has 0 spiro atoms. The van der Waals surface area contributed by atoms with Crippen LogP contribution in [0.3, 0.4) is 0 Å². The second kappa shape index (κ2) is 22.9. The minimum atomic E-state index is -4.41. The lowest BCUT2D eigenvalue weighted by Gasteiger charge is -2.30. The Morgan fingerprint density at radius 2 is 1.31 bits per heavy atom. The van der Waals surface area contributed by atoms with E-state index in [4.69, 9.17) is 19.3 Å². The van der Waals surface area contributed by atoms with E-state index in [0.717, 1.165) is 64.3 Å². The molecule has 2 aromatic rings. The van der Waals surface area contributed by atoms with Gasteiger partial charge in [-0.05, 0) is 100 Å². The molecule has 1 N–H and O–H groups in total. The normalized spacial score (nSPS) is 20.0. The molecule has 2 atom stereocenters. The fourth-order valence-corrected chi connectivity index (χ4v) is 9.55. The first-order valence-electron chi connectivity index (χ1n) is 20.9. The van der Waals surface area contributed by atoms with Crippen LogP contribution in [0.2, 0.25) is 0 Å². The van der Waals surface area contributed by atoms with E-state index in [1.807, 2.05) is 42.5 Å². The molecule has 2 aliphatic rings. The lowest BCUT2D eigenvalue weighted by molar-refractivity contribution is -0.438. The second-order valence-electron chi connectivity index (χ2n) is 16.2. The highest BCUT2D eigenvalue weighted by Gasteiger charge is 2.47. The van der Waals surface area contributed by atoms with Crippen LogP contribution in [0.25, 0.3) is 0 Å². The monoisotopic (exact) mass is 883 g/mol. The van der Waals surface area contributed by atoms with Crippen molar-refractivity contribution in [2.24, 2.45) is 0 Å². The van der Waals surface area contributed by atoms with E-state index >= 15 is 0 Å². The Morgan fingerprint density at radius 1 is 0.738 bits per heavy atom. The summed E-state index contributed by atoms with van der Waals surface area (Å²) in [5, 5.41) is 9.16. The van der Waals surface area contributed by atoms with Crippen molar-refractivity contribution in [1.82, 2.24) is 0 Å². The minimum Gasteiger partial charge on any atom is -0.748 e. The third kappa shape index (κ3) is 14.0. The van der Waals surface area contributed by atoms with Crippen molar-refractivity contribution in [3.8, 4) is 0 Å². The average molecular weight is 884 g/mol. The van der Waals surface area contributed by atoms with Gasteiger partial charge in [0.2, 0.25) is 5.69 Å². The first-order valence-corrected chi connectivity index (χ1v) is 24.1. The number of allylic oxidation sites excluding steroid dienone is 8. The fraction of sp³-hybridized carbons (Fsp3) is 0.522. The van der Waals surface area contributed by atoms with E-state index in [2.05, 4.69) is 59.7 Å². The van der Waals surface area contributed by atoms with Gasteiger partial charge in [0.1, 0.15) is 6.54 Å². The van der Waals surface area contributed by atoms with E-state index in [-0.39, 0.29) is 19.3 Å². The summed E-state index contributed by atoms with van der Waals surface area (Å²) < 4.78 is 88.3. The van der Waals surface area contributed by atoms with Crippen molar-refractivity contribution in [2.75, 3.05) is 70.6 Å². The number of fused-ring (bicyclic) bond motifs is 2. The average Bonchev–Trinajstić information content (AvgIpc) is 3.56. The summed E-state index contributed by atoms with van der Waals surface area (Å²) in [4.78, 5) is 13.4. The summed E-state index contributed by atoms with van der Waals surface area (Å²) in [7, 11) is -3.84. The molecule has 0 fully saturated rings. The zero-order valence-corrected chi connectivity index (χ0v) is 37.9. The van der Waals surface area contributed by atoms with Crippen LogP contribution in [0.1, 0.15) is 87.5 Å². The van der Waals surface area contributed by atoms with Gasteiger partial charge in [-0.15, -0.1) is 0 Å². The van der Waals surface area contributed by atoms with Gasteiger partial charge in [0.15, 0.2) is 5.71 Å². The van der Waals surface area contributed by atoms with Gasteiger partial charge in [0.05, 0.1) is 45.5 Å². The van der Waals surface area contributed by atoms with Gasteiger partial charge in [-0.3, -0.25) is 4.79 Å². The van der Waals surface area contributed by atoms with Crippen LogP contribution in [-0.2, 0) is 62.9 Å². The summed E-state index contributed by atoms with van der Waals surface area (Å²) in [5.74, 6) is -1.74. The van der Waals surface area contributed by atoms with Crippen molar-refractivity contribution < 1.29 is 54.6 Å². The Hall–Kier alpha value is -3.96. The van der Waals surface area contributed by atoms with E-state index in [1.54, 1.807) is 21.3 Å². The van der Waals surface area contributed by atoms with E-state index in [0.29, 0.717) is 58.6 Å². The zero-order valence-electron chi connectivity index (χ0n) is 36.3. The predicted molar refractivity (Wildman–Crippen MR) is 237 cm³/mol. The topological polar surface area (TPSA) is 186 Å². The van der Waals surface area contributed by atoms with Crippen LogP contribution in [0.15, 0.2) is 84.6 Å². The van der Waals surface area contributed by atoms with Crippen molar-refractivity contribution in [3.05, 3.63) is 107 Å². The summed E-state index contributed by atoms with van der Waals surface area (Å²) in [5.41, 5.74) is 7.01. The molecule has 2 aliphatic heterocycles. The smallest absolute Gasteiger partial charge is 0.303 e. The number of ether oxygens (including phenoxy) is 3. The van der Waals surface area contributed by atoms with Gasteiger partial charge in [-0.2, -0.15) is 4.58 Å². The molecular formula is C46H63N2O11S2-. The van der Waals surface area contributed by atoms with Crippen LogP contribution in [0.4, 0.5) is 11.4 Å². The quantitative estimate of drug-likeness (QED) is 0.0434. The van der Waals surface area contributed by atoms with Crippen LogP contribution in [0.5, 0.6) is 0 Å². The van der Waals surface area contributed by atoms with E-state index in [1.165, 1.54) is 0 Å². The molecule has 0 aliphatic carbocycles. The Balaban J connectivity index is 1.69. The number of methoxy groups -OCH3 is 3. The van der Waals surface area contributed by atoms with Crippen molar-refractivity contribution in [2.45, 2.75) is 88.9 Å². The number of benzene rings is 2. The number of nitrogens with zero attached hydrogens (tertiary/aromatic N) is 2. The van der Waals surface area contributed by atoms with Gasteiger partial charge in [0.25, 0.3) is 0 Å². The van der Waals surface area contributed by atoms with Crippen LogP contribution in [0, 0.1) is 0 Å². The van der Waals surface area contributed by atoms with Crippen LogP contribution in [-0.4, -0.2) is 113 Å². The highest BCUT2D eigenvalue weighted by molar-refractivity contribution is 7.85. The molecule has 0 bridgehead atoms. The molecule has 0 saturated heterocycles. The van der Waals surface area contributed by atoms with Gasteiger partial charge < -0.3 is 33.3 Å². The lowest BCUT2D eigenvalue weighted by atomic mass is 9.75. The largest absolute Gasteiger partial charge is 0.748 e. The molecule has 0 aromatic heterocycles. The summed E-state index contributed by atoms with van der Waals surface area (Å²) in [6.07, 6.45) is 18.5. The van der Waals surface area contributed by atoms with E-state index < -0.39 is 48.5 Å². The number of unbranched alkanes of at least 4 members (excludes halogenated alkanes) is 2. The lowest BCUT2D eigenvalue weighted by Crippen LogP contribution is -2.32. The summed E-state index contributed by atoms with van der Waals surface area (Å²) >= 11 is 0. The van der Waals surface area contributed by atoms with Gasteiger partial charge in [-0.25, -0.2) is 16.8 Å². The maximum atomic E-state index is 11.7. The standard InChI is InChI=1S/C46H64N2O11S2/c1-45(25-14-32-60(51,52)53)38-34-36(23-29-57-3)19-21-40(38)47(27-13-9-12-18-44(49)50)42(45)16-10-7-6-8-11-17-43-46(2,26-15-33-61(54,55)56)39-35-37(24-30-58-4)20-22-41(39)48(43)28-31-59-5/h6-8,10-11,16-17,19-22,34-35H,9,12-15,18,23-33H2,1-5H3,(H2-,49,50,51,52,53,54,55,56)/p-1. The molecule has 0 amide bonds. The molecule has 61 heavy (non-hydrogen) atoms. The second-order valence-corrected chi connectivity index (χ2v) is 19.2. The van der Waals surface area contributed by atoms with Crippen LogP contribution >= 0.6 is 0 Å². The number of rotatable bonds is 27. The predicted octanol–water partition coefficient (Wildman–Crippen LogP) is 6.69. The molecule has 336 valence electrons. The molecule has 0 saturated carbocycles. The minimum absolute atomic E-state index is 0.102. The number of anilines is 1. The molecule has 2 heterocycles. The molecule has 2 unspecified atom stereocenters. The third-order valence-corrected chi connectivity index (χ3v) is 13.3. The molecule has 15 heteroatoms. The highest BCUT2D eigenvalue weighted by Crippen LogP contribution is 2.51. The number of carboxylic acid groups (broad SMARTS) is 1. The van der Waals surface area contributed by atoms with E-state index in [9.17, 15) is 30.7 Å². The first-order chi connectivity index (χ1) is 29.0. The number of carbonyl (C=O) groups is 1. The molecule has 2 aromatic carbocycles. The number of aliphatic carboxylic acids is 1. The number of hydrogen-bond acceptors (Lipinski definition) is 11. The Labute approximate surface area is 363 Å². The molecule has 13 nitrogen and oxygen atoms in total. The first kappa shape index (κ1) is 49.7. The Kier molecular flexibility index (Phi) is 18.7. The molecular weight excluding hydrogens is 821 g/mol. The highest BCUT2D eigenvalue weighted by atomic mass is 32.2. The van der Waals surface area contributed by atoms with Gasteiger partial charge in [0, 0.05) is 86.7 Å². The molecule has 0 radical (unpaired) electrons. The van der Waals surface area contributed by atoms with Crippen molar-refractivity contribution in [3.63, 3.8) is 0 Å². The summed E-state index contributed by atoms with van der Waals surface area (Å²) in [6.45, 7) is 6.94. The van der Waals surface area contributed by atoms with Gasteiger partial charge >= 0.3 is 5.97 Å². The maximum Gasteiger partial charge on any atom is 0.303 e.